The number of para-hydroxylation sites is 1. The zero-order valence-electron chi connectivity index (χ0n) is 10.5. The Bertz CT molecular complexity index is 386. The second-order valence-electron chi connectivity index (χ2n) is 4.52. The van der Waals surface area contributed by atoms with E-state index < -0.39 is 6.10 Å². The Morgan fingerprint density at radius 3 is 2.65 bits per heavy atom. The van der Waals surface area contributed by atoms with Gasteiger partial charge in [0.1, 0.15) is 6.10 Å². The molecule has 0 spiro atoms. The van der Waals surface area contributed by atoms with Gasteiger partial charge in [0.2, 0.25) is 0 Å². The van der Waals surface area contributed by atoms with E-state index >= 15 is 0 Å². The number of ether oxygens (including phenoxy) is 2. The molecule has 1 saturated heterocycles. The predicted molar refractivity (Wildman–Crippen MR) is 65.5 cm³/mol. The number of likely N-dealkylation sites (tertiary alicyclic amines) is 1. The van der Waals surface area contributed by atoms with Gasteiger partial charge in [-0.1, -0.05) is 12.1 Å². The molecule has 4 nitrogen and oxygen atoms in total. The highest BCUT2D eigenvalue weighted by atomic mass is 16.5. The second kappa shape index (κ2) is 4.94. The van der Waals surface area contributed by atoms with Gasteiger partial charge in [0.15, 0.2) is 11.5 Å². The fraction of sp³-hybridized carbons (Fsp3) is 0.538. The lowest BCUT2D eigenvalue weighted by Gasteiger charge is -2.36. The van der Waals surface area contributed by atoms with Gasteiger partial charge in [0.05, 0.1) is 13.2 Å². The van der Waals surface area contributed by atoms with Crippen LogP contribution in [0.2, 0.25) is 0 Å². The van der Waals surface area contributed by atoms with Gasteiger partial charge in [-0.25, -0.2) is 0 Å². The first-order chi connectivity index (χ1) is 8.11. The molecule has 1 aromatic rings. The van der Waals surface area contributed by atoms with Crippen molar-refractivity contribution in [2.45, 2.75) is 19.1 Å². The van der Waals surface area contributed by atoms with Crippen molar-refractivity contribution < 1.29 is 14.6 Å². The molecule has 94 valence electrons. The van der Waals surface area contributed by atoms with Gasteiger partial charge in [-0.2, -0.15) is 0 Å². The van der Waals surface area contributed by atoms with Crippen molar-refractivity contribution in [2.24, 2.45) is 0 Å². The van der Waals surface area contributed by atoms with Crippen molar-refractivity contribution >= 4 is 0 Å². The molecule has 1 aliphatic heterocycles. The third kappa shape index (κ3) is 2.53. The van der Waals surface area contributed by atoms with Crippen molar-refractivity contribution in [1.82, 2.24) is 4.90 Å². The van der Waals surface area contributed by atoms with Crippen molar-refractivity contribution in [3.8, 4) is 11.5 Å². The van der Waals surface area contributed by atoms with Gasteiger partial charge in [-0.15, -0.1) is 0 Å². The fourth-order valence-corrected chi connectivity index (χ4v) is 2.03. The zero-order valence-corrected chi connectivity index (χ0v) is 10.5. The van der Waals surface area contributed by atoms with Crippen LogP contribution in [0.15, 0.2) is 18.2 Å². The summed E-state index contributed by atoms with van der Waals surface area (Å²) in [4.78, 5) is 2.18. The molecule has 1 aliphatic rings. The maximum atomic E-state index is 9.73. The molecule has 1 heterocycles. The van der Waals surface area contributed by atoms with E-state index in [9.17, 15) is 5.11 Å². The zero-order chi connectivity index (χ0) is 12.4. The van der Waals surface area contributed by atoms with Crippen molar-refractivity contribution in [3.63, 3.8) is 0 Å². The minimum absolute atomic E-state index is 0.189. The van der Waals surface area contributed by atoms with Crippen molar-refractivity contribution in [3.05, 3.63) is 23.8 Å². The van der Waals surface area contributed by atoms with E-state index in [1.807, 2.05) is 18.2 Å². The molecule has 0 radical (unpaired) electrons. The van der Waals surface area contributed by atoms with Crippen molar-refractivity contribution in [1.29, 1.82) is 0 Å². The molecule has 1 unspecified atom stereocenters. The van der Waals surface area contributed by atoms with Gasteiger partial charge in [0, 0.05) is 18.7 Å². The summed E-state index contributed by atoms with van der Waals surface area (Å²) in [5, 5.41) is 9.73. The Hall–Kier alpha value is -1.26. The molecule has 0 amide bonds. The number of methoxy groups -OCH3 is 1. The third-order valence-corrected chi connectivity index (χ3v) is 2.99. The Kier molecular flexibility index (Phi) is 3.54. The first kappa shape index (κ1) is 12.2. The molecule has 4 heteroatoms. The summed E-state index contributed by atoms with van der Waals surface area (Å²) in [6, 6.07) is 5.58. The number of hydrogen-bond acceptors (Lipinski definition) is 4. The van der Waals surface area contributed by atoms with Gasteiger partial charge in [-0.3, -0.25) is 4.90 Å². The van der Waals surface area contributed by atoms with Crippen LogP contribution in [0.25, 0.3) is 0 Å². The lowest BCUT2D eigenvalue weighted by atomic mass is 10.1. The predicted octanol–water partition coefficient (Wildman–Crippen LogP) is 1.44. The Balaban J connectivity index is 2.22. The molecule has 17 heavy (non-hydrogen) atoms. The number of aliphatic hydroxyl groups excluding tert-OH is 1. The molecule has 2 rings (SSSR count). The molecule has 0 aromatic heterocycles. The summed E-state index contributed by atoms with van der Waals surface area (Å²) in [6.07, 6.45) is -0.369. The van der Waals surface area contributed by atoms with E-state index in [0.29, 0.717) is 11.5 Å². The highest BCUT2D eigenvalue weighted by Gasteiger charge is 2.27. The summed E-state index contributed by atoms with van der Waals surface area (Å²) >= 11 is 0. The summed E-state index contributed by atoms with van der Waals surface area (Å²) in [5.74, 6) is 1.35. The van der Waals surface area contributed by atoms with E-state index in [4.69, 9.17) is 9.47 Å². The van der Waals surface area contributed by atoms with Crippen LogP contribution in [0.4, 0.5) is 0 Å². The van der Waals surface area contributed by atoms with E-state index in [-0.39, 0.29) is 6.10 Å². The minimum atomic E-state index is -0.557. The minimum Gasteiger partial charge on any atom is -0.493 e. The van der Waals surface area contributed by atoms with Crippen LogP contribution in [0.1, 0.15) is 18.6 Å². The number of nitrogens with zero attached hydrogens (tertiary/aromatic N) is 1. The summed E-state index contributed by atoms with van der Waals surface area (Å²) < 4.78 is 11.2. The van der Waals surface area contributed by atoms with Crippen LogP contribution in [-0.2, 0) is 0 Å². The molecular formula is C13H19NO3. The van der Waals surface area contributed by atoms with Gasteiger partial charge in [0.25, 0.3) is 0 Å². The largest absolute Gasteiger partial charge is 0.493 e. The van der Waals surface area contributed by atoms with Crippen LogP contribution < -0.4 is 9.47 Å². The monoisotopic (exact) mass is 237 g/mol. The second-order valence-corrected chi connectivity index (χ2v) is 4.52. The molecule has 1 N–H and O–H groups in total. The van der Waals surface area contributed by atoms with Crippen LogP contribution in [0.5, 0.6) is 11.5 Å². The Morgan fingerprint density at radius 2 is 2.12 bits per heavy atom. The van der Waals surface area contributed by atoms with Crippen LogP contribution >= 0.6 is 0 Å². The lowest BCUT2D eigenvalue weighted by Crippen LogP contribution is -2.51. The maximum Gasteiger partial charge on any atom is 0.167 e. The highest BCUT2D eigenvalue weighted by Crippen LogP contribution is 2.36. The SMILES string of the molecule is COc1cccc(C(C)O)c1OC1CN(C)C1. The molecule has 1 atom stereocenters. The van der Waals surface area contributed by atoms with E-state index in [1.165, 1.54) is 0 Å². The number of aliphatic hydroxyl groups is 1. The fourth-order valence-electron chi connectivity index (χ4n) is 2.03. The smallest absolute Gasteiger partial charge is 0.167 e. The molecule has 1 fully saturated rings. The first-order valence-electron chi connectivity index (χ1n) is 5.82. The number of benzene rings is 1. The average Bonchev–Trinajstić information content (AvgIpc) is 2.26. The van der Waals surface area contributed by atoms with Crippen LogP contribution in [0, 0.1) is 0 Å². The normalized spacial score (nSPS) is 18.6. The molecule has 0 bridgehead atoms. The van der Waals surface area contributed by atoms with Gasteiger partial charge < -0.3 is 14.6 Å². The molecule has 0 saturated carbocycles. The summed E-state index contributed by atoms with van der Waals surface area (Å²) in [7, 11) is 3.67. The maximum absolute atomic E-state index is 9.73. The molecule has 0 aliphatic carbocycles. The van der Waals surface area contributed by atoms with E-state index in [2.05, 4.69) is 11.9 Å². The quantitative estimate of drug-likeness (QED) is 0.860. The summed E-state index contributed by atoms with van der Waals surface area (Å²) in [5.41, 5.74) is 0.777. The van der Waals surface area contributed by atoms with Gasteiger partial charge >= 0.3 is 0 Å². The standard InChI is InChI=1S/C13H19NO3/c1-9(15)11-5-4-6-12(16-3)13(11)17-10-7-14(2)8-10/h4-6,9-10,15H,7-8H2,1-3H3. The Labute approximate surface area is 102 Å². The first-order valence-corrected chi connectivity index (χ1v) is 5.82. The number of likely N-dealkylation sites (N-methyl/N-ethyl adjacent to an activating group) is 1. The van der Waals surface area contributed by atoms with Gasteiger partial charge in [-0.05, 0) is 20.0 Å². The molecular weight excluding hydrogens is 218 g/mol. The van der Waals surface area contributed by atoms with Crippen molar-refractivity contribution in [2.75, 3.05) is 27.2 Å². The molecule has 1 aromatic carbocycles. The number of hydrogen-bond donors (Lipinski definition) is 1. The Morgan fingerprint density at radius 1 is 1.41 bits per heavy atom. The lowest BCUT2D eigenvalue weighted by molar-refractivity contribution is 0.0343. The summed E-state index contributed by atoms with van der Waals surface area (Å²) in [6.45, 7) is 3.56. The van der Waals surface area contributed by atoms with Crippen LogP contribution in [-0.4, -0.2) is 43.4 Å². The average molecular weight is 237 g/mol. The van der Waals surface area contributed by atoms with E-state index in [1.54, 1.807) is 14.0 Å². The highest BCUT2D eigenvalue weighted by molar-refractivity contribution is 5.47. The van der Waals surface area contributed by atoms with E-state index in [0.717, 1.165) is 18.7 Å². The topological polar surface area (TPSA) is 41.9 Å². The van der Waals surface area contributed by atoms with Crippen LogP contribution in [0.3, 0.4) is 0 Å². The number of rotatable bonds is 4. The third-order valence-electron chi connectivity index (χ3n) is 2.99.